The summed E-state index contributed by atoms with van der Waals surface area (Å²) in [6.45, 7) is 11.0. The Kier molecular flexibility index (Phi) is 5.44. The number of ether oxygens (including phenoxy) is 1. The number of fused-ring (bicyclic) bond motifs is 1. The minimum absolute atomic E-state index is 0.0939. The fourth-order valence-corrected chi connectivity index (χ4v) is 5.11. The van der Waals surface area contributed by atoms with Gasteiger partial charge in [-0.05, 0) is 88.9 Å². The molecule has 1 amide bonds. The summed E-state index contributed by atoms with van der Waals surface area (Å²) in [6, 6.07) is 5.43. The van der Waals surface area contributed by atoms with Crippen molar-refractivity contribution < 1.29 is 9.53 Å². The van der Waals surface area contributed by atoms with Crippen molar-refractivity contribution in [2.24, 2.45) is 5.41 Å². The number of hydrogen-bond donors (Lipinski definition) is 1. The number of nitrogens with one attached hydrogen (secondary N) is 1. The summed E-state index contributed by atoms with van der Waals surface area (Å²) in [5, 5.41) is 0.548. The van der Waals surface area contributed by atoms with Gasteiger partial charge in [0.25, 0.3) is 5.56 Å². The lowest BCUT2D eigenvalue weighted by Crippen LogP contribution is -2.57. The van der Waals surface area contributed by atoms with Crippen molar-refractivity contribution >= 4 is 28.9 Å². The molecule has 0 unspecified atom stereocenters. The van der Waals surface area contributed by atoms with E-state index in [1.165, 1.54) is 16.5 Å². The standard InChI is InChI=1S/C25H34N4O4S/c1-23(2,3)33-22(32)27-13-16(14-27)29-20(30)18-12-17(34-26-25(5)10-11-25)6-7-19(18)28(21(29)31)15-24(4)8-9-24/h6-7,12,16,26H,8-11,13-15H2,1-5H3. The summed E-state index contributed by atoms with van der Waals surface area (Å²) >= 11 is 1.54. The molecule has 0 radical (unpaired) electrons. The van der Waals surface area contributed by atoms with Crippen molar-refractivity contribution in [2.75, 3.05) is 13.1 Å². The van der Waals surface area contributed by atoms with E-state index in [0.717, 1.165) is 30.6 Å². The quantitative estimate of drug-likeness (QED) is 0.624. The molecule has 1 aromatic carbocycles. The zero-order chi connectivity index (χ0) is 24.5. The number of likely N-dealkylation sites (tertiary alicyclic amines) is 1. The molecule has 1 aliphatic heterocycles. The van der Waals surface area contributed by atoms with Crippen molar-refractivity contribution in [3.8, 4) is 0 Å². The van der Waals surface area contributed by atoms with Crippen molar-refractivity contribution in [1.82, 2.24) is 18.8 Å². The van der Waals surface area contributed by atoms with Crippen LogP contribution in [-0.4, -0.2) is 44.4 Å². The number of amides is 1. The Balaban J connectivity index is 1.48. The van der Waals surface area contributed by atoms with Gasteiger partial charge in [0.1, 0.15) is 5.60 Å². The molecule has 2 heterocycles. The first-order chi connectivity index (χ1) is 15.9. The highest BCUT2D eigenvalue weighted by molar-refractivity contribution is 7.97. The van der Waals surface area contributed by atoms with Crippen LogP contribution >= 0.6 is 11.9 Å². The minimum atomic E-state index is -0.589. The van der Waals surface area contributed by atoms with Crippen LogP contribution in [0.15, 0.2) is 32.7 Å². The van der Waals surface area contributed by atoms with E-state index < -0.39 is 11.7 Å². The number of carbonyl (C=O) groups excluding carboxylic acids is 1. The van der Waals surface area contributed by atoms with Gasteiger partial charge in [-0.15, -0.1) is 0 Å². The van der Waals surface area contributed by atoms with Gasteiger partial charge in [0, 0.05) is 30.1 Å². The van der Waals surface area contributed by atoms with Crippen LogP contribution in [0.5, 0.6) is 0 Å². The smallest absolute Gasteiger partial charge is 0.410 e. The SMILES string of the molecule is CC1(Cn2c(=O)n(C3CN(C(=O)OC(C)(C)C)C3)c(=O)c3cc(SNC4(C)CC4)ccc32)CC1. The van der Waals surface area contributed by atoms with Gasteiger partial charge < -0.3 is 9.64 Å². The fraction of sp³-hybridized carbons (Fsp3) is 0.640. The summed E-state index contributed by atoms with van der Waals surface area (Å²) in [6.07, 6.45) is 4.03. The highest BCUT2D eigenvalue weighted by Gasteiger charge is 2.41. The highest BCUT2D eigenvalue weighted by atomic mass is 32.2. The van der Waals surface area contributed by atoms with E-state index in [1.54, 1.807) is 9.47 Å². The lowest BCUT2D eigenvalue weighted by atomic mass is 10.1. The molecule has 9 heteroatoms. The van der Waals surface area contributed by atoms with Gasteiger partial charge in [-0.2, -0.15) is 0 Å². The lowest BCUT2D eigenvalue weighted by molar-refractivity contribution is 0.0000213. The second-order valence-corrected chi connectivity index (χ2v) is 12.7. The van der Waals surface area contributed by atoms with E-state index in [1.807, 2.05) is 39.0 Å². The summed E-state index contributed by atoms with van der Waals surface area (Å²) in [4.78, 5) is 42.0. The molecule has 3 fully saturated rings. The molecule has 0 bridgehead atoms. The molecule has 1 saturated heterocycles. The molecule has 3 aliphatic rings. The minimum Gasteiger partial charge on any atom is -0.444 e. The van der Waals surface area contributed by atoms with Crippen LogP contribution in [0.25, 0.3) is 10.9 Å². The predicted molar refractivity (Wildman–Crippen MR) is 133 cm³/mol. The summed E-state index contributed by atoms with van der Waals surface area (Å²) in [7, 11) is 0. The van der Waals surface area contributed by atoms with E-state index in [0.29, 0.717) is 30.5 Å². The van der Waals surface area contributed by atoms with Gasteiger partial charge in [0.15, 0.2) is 0 Å². The predicted octanol–water partition coefficient (Wildman–Crippen LogP) is 3.90. The number of nitrogens with zero attached hydrogens (tertiary/aromatic N) is 3. The lowest BCUT2D eigenvalue weighted by Gasteiger charge is -2.40. The van der Waals surface area contributed by atoms with Crippen LogP contribution in [0.4, 0.5) is 4.79 Å². The average molecular weight is 487 g/mol. The Morgan fingerprint density at radius 2 is 1.82 bits per heavy atom. The molecule has 5 rings (SSSR count). The van der Waals surface area contributed by atoms with E-state index in [-0.39, 0.29) is 28.2 Å². The number of aromatic nitrogens is 2. The Bertz CT molecular complexity index is 1260. The molecule has 8 nitrogen and oxygen atoms in total. The third-order valence-electron chi connectivity index (χ3n) is 7.08. The molecule has 0 atom stereocenters. The van der Waals surface area contributed by atoms with Gasteiger partial charge in [0.05, 0.1) is 16.9 Å². The monoisotopic (exact) mass is 486 g/mol. The maximum absolute atomic E-state index is 13.6. The second-order valence-electron chi connectivity index (χ2n) is 11.8. The molecule has 0 spiro atoms. The zero-order valence-corrected chi connectivity index (χ0v) is 21.5. The second kappa shape index (κ2) is 7.88. The van der Waals surface area contributed by atoms with E-state index in [9.17, 15) is 14.4 Å². The van der Waals surface area contributed by atoms with Gasteiger partial charge in [0.2, 0.25) is 0 Å². The van der Waals surface area contributed by atoms with Crippen molar-refractivity contribution in [3.63, 3.8) is 0 Å². The molecular formula is C25H34N4O4S. The van der Waals surface area contributed by atoms with Gasteiger partial charge in [-0.1, -0.05) is 6.92 Å². The molecule has 2 aliphatic carbocycles. The third kappa shape index (κ3) is 4.64. The third-order valence-corrected chi connectivity index (χ3v) is 8.17. The van der Waals surface area contributed by atoms with E-state index in [4.69, 9.17) is 4.74 Å². The van der Waals surface area contributed by atoms with Crippen LogP contribution in [-0.2, 0) is 11.3 Å². The molecule has 184 valence electrons. The van der Waals surface area contributed by atoms with Crippen LogP contribution in [0.2, 0.25) is 0 Å². The maximum Gasteiger partial charge on any atom is 0.410 e. The fourth-order valence-electron chi connectivity index (χ4n) is 4.23. The van der Waals surface area contributed by atoms with Crippen molar-refractivity contribution in [2.45, 2.75) is 88.9 Å². The molecule has 1 N–H and O–H groups in total. The van der Waals surface area contributed by atoms with Crippen molar-refractivity contribution in [1.29, 1.82) is 0 Å². The Labute approximate surface area is 203 Å². The van der Waals surface area contributed by atoms with E-state index >= 15 is 0 Å². The van der Waals surface area contributed by atoms with Gasteiger partial charge >= 0.3 is 11.8 Å². The number of hydrogen-bond acceptors (Lipinski definition) is 6. The first-order valence-electron chi connectivity index (χ1n) is 12.1. The molecule has 2 aromatic rings. The molecule has 2 saturated carbocycles. The first kappa shape index (κ1) is 23.5. The molecule has 1 aromatic heterocycles. The first-order valence-corrected chi connectivity index (χ1v) is 12.9. The number of rotatable bonds is 6. The molecular weight excluding hydrogens is 452 g/mol. The van der Waals surface area contributed by atoms with Crippen LogP contribution < -0.4 is 16.0 Å². The van der Waals surface area contributed by atoms with Crippen LogP contribution in [0.3, 0.4) is 0 Å². The van der Waals surface area contributed by atoms with Crippen LogP contribution in [0.1, 0.15) is 66.3 Å². The summed E-state index contributed by atoms with van der Waals surface area (Å²) in [5.41, 5.74) is -0.222. The van der Waals surface area contributed by atoms with Gasteiger partial charge in [-0.25, -0.2) is 9.59 Å². The topological polar surface area (TPSA) is 85.6 Å². The Hall–Kier alpha value is -2.26. The maximum atomic E-state index is 13.6. The van der Waals surface area contributed by atoms with Crippen LogP contribution in [0, 0.1) is 5.41 Å². The highest BCUT2D eigenvalue weighted by Crippen LogP contribution is 2.46. The largest absolute Gasteiger partial charge is 0.444 e. The summed E-state index contributed by atoms with van der Waals surface area (Å²) < 4.78 is 12.0. The Morgan fingerprint density at radius 1 is 1.15 bits per heavy atom. The van der Waals surface area contributed by atoms with E-state index in [2.05, 4.69) is 18.6 Å². The van der Waals surface area contributed by atoms with Crippen molar-refractivity contribution in [3.05, 3.63) is 39.0 Å². The number of carbonyl (C=O) groups is 1. The average Bonchev–Trinajstić information content (AvgIpc) is 3.63. The zero-order valence-electron chi connectivity index (χ0n) is 20.6. The number of benzene rings is 1. The molecule has 34 heavy (non-hydrogen) atoms. The normalized spacial score (nSPS) is 20.8. The van der Waals surface area contributed by atoms with Gasteiger partial charge in [-0.3, -0.25) is 18.7 Å². The summed E-state index contributed by atoms with van der Waals surface area (Å²) in [5.74, 6) is 0. The Morgan fingerprint density at radius 3 is 2.41 bits per heavy atom.